The lowest BCUT2D eigenvalue weighted by Crippen LogP contribution is -2.32. The van der Waals surface area contributed by atoms with Gasteiger partial charge in [0.1, 0.15) is 17.5 Å². The molecule has 0 aromatic carbocycles. The highest BCUT2D eigenvalue weighted by atomic mass is 15.1. The van der Waals surface area contributed by atoms with E-state index in [0.29, 0.717) is 6.04 Å². The number of likely N-dealkylation sites (N-methyl/N-ethyl adjacent to an activating group) is 1. The molecule has 0 aliphatic carbocycles. The van der Waals surface area contributed by atoms with E-state index in [1.54, 1.807) is 0 Å². The molecule has 1 aromatic rings. The number of nitrogens with zero attached hydrogens (tertiary/aromatic N) is 3. The average molecular weight is 293 g/mol. The van der Waals surface area contributed by atoms with Crippen molar-refractivity contribution in [1.82, 2.24) is 14.9 Å². The van der Waals surface area contributed by atoms with E-state index in [1.807, 2.05) is 6.07 Å². The van der Waals surface area contributed by atoms with Crippen molar-refractivity contribution in [2.45, 2.75) is 53.0 Å². The highest BCUT2D eigenvalue weighted by Gasteiger charge is 2.07. The SMILES string of the molecule is CCCNc1cc(NCCN(C)C(C)CC)nc(CC)n1. The Hall–Kier alpha value is -1.36. The second-order valence-electron chi connectivity index (χ2n) is 5.50. The molecule has 0 fully saturated rings. The van der Waals surface area contributed by atoms with Crippen molar-refractivity contribution in [3.63, 3.8) is 0 Å². The summed E-state index contributed by atoms with van der Waals surface area (Å²) < 4.78 is 0. The van der Waals surface area contributed by atoms with Crippen LogP contribution in [0.4, 0.5) is 11.6 Å². The van der Waals surface area contributed by atoms with Crippen LogP contribution < -0.4 is 10.6 Å². The van der Waals surface area contributed by atoms with Crippen LogP contribution >= 0.6 is 0 Å². The summed E-state index contributed by atoms with van der Waals surface area (Å²) in [6, 6.07) is 2.61. The van der Waals surface area contributed by atoms with E-state index in [9.17, 15) is 0 Å². The van der Waals surface area contributed by atoms with Crippen LogP contribution in [0.15, 0.2) is 6.07 Å². The molecule has 1 atom stereocenters. The molecule has 1 unspecified atom stereocenters. The summed E-state index contributed by atoms with van der Waals surface area (Å²) in [7, 11) is 2.17. The van der Waals surface area contributed by atoms with Gasteiger partial charge in [0.2, 0.25) is 0 Å². The summed E-state index contributed by atoms with van der Waals surface area (Å²) >= 11 is 0. The van der Waals surface area contributed by atoms with Gasteiger partial charge in [0.05, 0.1) is 0 Å². The van der Waals surface area contributed by atoms with Gasteiger partial charge in [-0.05, 0) is 26.8 Å². The van der Waals surface area contributed by atoms with Gasteiger partial charge < -0.3 is 15.5 Å². The van der Waals surface area contributed by atoms with Crippen LogP contribution in [0, 0.1) is 0 Å². The topological polar surface area (TPSA) is 53.1 Å². The van der Waals surface area contributed by atoms with Crippen LogP contribution in [0.5, 0.6) is 0 Å². The summed E-state index contributed by atoms with van der Waals surface area (Å²) in [5.41, 5.74) is 0. The summed E-state index contributed by atoms with van der Waals surface area (Å²) in [6.45, 7) is 11.6. The Morgan fingerprint density at radius 1 is 1.10 bits per heavy atom. The Morgan fingerprint density at radius 3 is 2.24 bits per heavy atom. The fourth-order valence-corrected chi connectivity index (χ4v) is 1.98. The van der Waals surface area contributed by atoms with Crippen molar-refractivity contribution in [1.29, 1.82) is 0 Å². The Bertz CT molecular complexity index is 408. The van der Waals surface area contributed by atoms with Gasteiger partial charge in [0, 0.05) is 38.2 Å². The zero-order chi connectivity index (χ0) is 15.7. The Kier molecular flexibility index (Phi) is 8.05. The third-order valence-corrected chi connectivity index (χ3v) is 3.76. The van der Waals surface area contributed by atoms with Gasteiger partial charge in [-0.25, -0.2) is 9.97 Å². The molecule has 0 saturated carbocycles. The van der Waals surface area contributed by atoms with Crippen molar-refractivity contribution < 1.29 is 0 Å². The van der Waals surface area contributed by atoms with Gasteiger partial charge in [0.25, 0.3) is 0 Å². The Labute approximate surface area is 129 Å². The molecule has 0 bridgehead atoms. The third kappa shape index (κ3) is 6.29. The number of hydrogen-bond donors (Lipinski definition) is 2. The zero-order valence-corrected chi connectivity index (χ0v) is 14.2. The maximum absolute atomic E-state index is 4.54. The first-order valence-electron chi connectivity index (χ1n) is 8.16. The molecule has 1 aromatic heterocycles. The molecule has 2 N–H and O–H groups in total. The standard InChI is InChI=1S/C16H31N5/c1-6-9-17-15-12-16(20-14(8-3)19-15)18-10-11-21(5)13(4)7-2/h12-13H,6-11H2,1-5H3,(H2,17,18,19,20). The lowest BCUT2D eigenvalue weighted by molar-refractivity contribution is 0.261. The van der Waals surface area contributed by atoms with Crippen molar-refractivity contribution in [3.8, 4) is 0 Å². The van der Waals surface area contributed by atoms with E-state index in [4.69, 9.17) is 0 Å². The van der Waals surface area contributed by atoms with Crippen LogP contribution in [-0.4, -0.2) is 47.6 Å². The van der Waals surface area contributed by atoms with Crippen molar-refractivity contribution in [2.75, 3.05) is 37.3 Å². The van der Waals surface area contributed by atoms with Gasteiger partial charge in [-0.1, -0.05) is 20.8 Å². The largest absolute Gasteiger partial charge is 0.370 e. The zero-order valence-electron chi connectivity index (χ0n) is 14.2. The number of aromatic nitrogens is 2. The molecule has 0 aliphatic heterocycles. The predicted octanol–water partition coefficient (Wildman–Crippen LogP) is 3.00. The predicted molar refractivity (Wildman–Crippen MR) is 91.1 cm³/mol. The molecule has 1 rings (SSSR count). The highest BCUT2D eigenvalue weighted by Crippen LogP contribution is 2.12. The summed E-state index contributed by atoms with van der Waals surface area (Å²) in [5.74, 6) is 2.72. The lowest BCUT2D eigenvalue weighted by atomic mass is 10.2. The summed E-state index contributed by atoms with van der Waals surface area (Å²) in [5, 5.41) is 6.75. The maximum atomic E-state index is 4.54. The normalized spacial score (nSPS) is 12.5. The monoisotopic (exact) mass is 293 g/mol. The highest BCUT2D eigenvalue weighted by molar-refractivity contribution is 5.47. The third-order valence-electron chi connectivity index (χ3n) is 3.76. The molecule has 0 aliphatic rings. The van der Waals surface area contributed by atoms with Crippen molar-refractivity contribution >= 4 is 11.6 Å². The molecule has 21 heavy (non-hydrogen) atoms. The molecular weight excluding hydrogens is 262 g/mol. The first-order chi connectivity index (χ1) is 10.1. The van der Waals surface area contributed by atoms with Crippen LogP contribution in [-0.2, 0) is 6.42 Å². The molecule has 0 radical (unpaired) electrons. The molecule has 0 amide bonds. The molecule has 0 saturated heterocycles. The molecule has 5 heteroatoms. The Morgan fingerprint density at radius 2 is 1.71 bits per heavy atom. The second kappa shape index (κ2) is 9.55. The lowest BCUT2D eigenvalue weighted by Gasteiger charge is -2.23. The molecule has 0 spiro atoms. The quantitative estimate of drug-likeness (QED) is 0.694. The first-order valence-corrected chi connectivity index (χ1v) is 8.16. The number of hydrogen-bond acceptors (Lipinski definition) is 5. The first kappa shape index (κ1) is 17.7. The van der Waals surface area contributed by atoms with Crippen LogP contribution in [0.2, 0.25) is 0 Å². The molecule has 120 valence electrons. The van der Waals surface area contributed by atoms with Gasteiger partial charge in [-0.2, -0.15) is 0 Å². The summed E-state index contributed by atoms with van der Waals surface area (Å²) in [6.07, 6.45) is 3.12. The van der Waals surface area contributed by atoms with Gasteiger partial charge >= 0.3 is 0 Å². The number of anilines is 2. The van der Waals surface area contributed by atoms with E-state index < -0.39 is 0 Å². The Balaban J connectivity index is 2.57. The fourth-order valence-electron chi connectivity index (χ4n) is 1.98. The molecule has 5 nitrogen and oxygen atoms in total. The van der Waals surface area contributed by atoms with E-state index in [1.165, 1.54) is 6.42 Å². The van der Waals surface area contributed by atoms with E-state index >= 15 is 0 Å². The molecule has 1 heterocycles. The summed E-state index contributed by atoms with van der Waals surface area (Å²) in [4.78, 5) is 11.4. The average Bonchev–Trinajstić information content (AvgIpc) is 2.51. The fraction of sp³-hybridized carbons (Fsp3) is 0.750. The van der Waals surface area contributed by atoms with E-state index in [2.05, 4.69) is 60.2 Å². The van der Waals surface area contributed by atoms with E-state index in [0.717, 1.165) is 49.9 Å². The second-order valence-corrected chi connectivity index (χ2v) is 5.50. The van der Waals surface area contributed by atoms with E-state index in [-0.39, 0.29) is 0 Å². The van der Waals surface area contributed by atoms with Crippen molar-refractivity contribution in [3.05, 3.63) is 11.9 Å². The van der Waals surface area contributed by atoms with Crippen LogP contribution in [0.1, 0.15) is 46.4 Å². The molecular formula is C16H31N5. The minimum Gasteiger partial charge on any atom is -0.370 e. The van der Waals surface area contributed by atoms with Gasteiger partial charge in [0.15, 0.2) is 0 Å². The smallest absolute Gasteiger partial charge is 0.132 e. The van der Waals surface area contributed by atoms with Gasteiger partial charge in [-0.3, -0.25) is 0 Å². The number of aryl methyl sites for hydroxylation is 1. The van der Waals surface area contributed by atoms with Crippen LogP contribution in [0.25, 0.3) is 0 Å². The van der Waals surface area contributed by atoms with Crippen LogP contribution in [0.3, 0.4) is 0 Å². The maximum Gasteiger partial charge on any atom is 0.132 e. The van der Waals surface area contributed by atoms with Gasteiger partial charge in [-0.15, -0.1) is 0 Å². The number of rotatable bonds is 10. The number of nitrogens with one attached hydrogen (secondary N) is 2. The minimum absolute atomic E-state index is 0.616. The minimum atomic E-state index is 0.616. The van der Waals surface area contributed by atoms with Crippen molar-refractivity contribution in [2.24, 2.45) is 0 Å².